The molecule has 0 saturated carbocycles. The van der Waals surface area contributed by atoms with Crippen LogP contribution in [0.2, 0.25) is 5.02 Å². The largest absolute Gasteiger partial charge is 0.481 e. The van der Waals surface area contributed by atoms with E-state index in [9.17, 15) is 9.59 Å². The Bertz CT molecular complexity index is 1210. The predicted octanol–water partition coefficient (Wildman–Crippen LogP) is 5.22. The van der Waals surface area contributed by atoms with Crippen LogP contribution in [0, 0.1) is 0 Å². The third-order valence-electron chi connectivity index (χ3n) is 4.19. The van der Waals surface area contributed by atoms with Crippen LogP contribution in [0.1, 0.15) is 9.67 Å². The van der Waals surface area contributed by atoms with E-state index in [2.05, 4.69) is 15.6 Å². The predicted molar refractivity (Wildman–Crippen MR) is 120 cm³/mol. The molecule has 8 heteroatoms. The number of aromatic nitrogens is 1. The Kier molecular flexibility index (Phi) is 5.92. The topological polar surface area (TPSA) is 80.3 Å². The molecule has 2 N–H and O–H groups in total. The molecule has 0 bridgehead atoms. The molecule has 0 unspecified atom stereocenters. The smallest absolute Gasteiger partial charge is 0.265 e. The summed E-state index contributed by atoms with van der Waals surface area (Å²) >= 11 is 7.54. The lowest BCUT2D eigenvalue weighted by molar-refractivity contribution is -0.118. The van der Waals surface area contributed by atoms with Gasteiger partial charge in [0.25, 0.3) is 11.8 Å². The van der Waals surface area contributed by atoms with E-state index < -0.39 is 0 Å². The number of carbonyl (C=O) groups excluding carboxylic acids is 2. The van der Waals surface area contributed by atoms with Gasteiger partial charge in [-0.15, -0.1) is 11.3 Å². The van der Waals surface area contributed by atoms with Crippen LogP contribution in [0.4, 0.5) is 11.4 Å². The molecule has 30 heavy (non-hydrogen) atoms. The average molecular weight is 438 g/mol. The van der Waals surface area contributed by atoms with Crippen molar-refractivity contribution < 1.29 is 14.3 Å². The van der Waals surface area contributed by atoms with Crippen LogP contribution < -0.4 is 15.4 Å². The minimum atomic E-state index is -0.337. The number of hydrogen-bond donors (Lipinski definition) is 2. The van der Waals surface area contributed by atoms with Crippen molar-refractivity contribution in [1.82, 2.24) is 4.98 Å². The van der Waals surface area contributed by atoms with Gasteiger partial charge in [-0.2, -0.15) is 0 Å². The van der Waals surface area contributed by atoms with Crippen molar-refractivity contribution >= 4 is 57.0 Å². The number of halogens is 1. The number of hydrogen-bond acceptors (Lipinski definition) is 5. The van der Waals surface area contributed by atoms with Crippen molar-refractivity contribution in [2.45, 2.75) is 0 Å². The van der Waals surface area contributed by atoms with Crippen molar-refractivity contribution in [1.29, 1.82) is 0 Å². The van der Waals surface area contributed by atoms with Gasteiger partial charge >= 0.3 is 0 Å². The first-order chi connectivity index (χ1) is 14.6. The van der Waals surface area contributed by atoms with E-state index in [4.69, 9.17) is 16.3 Å². The van der Waals surface area contributed by atoms with Crippen LogP contribution in [0.15, 0.2) is 72.2 Å². The maximum atomic E-state index is 12.3. The molecule has 2 aromatic heterocycles. The Hall–Kier alpha value is -3.42. The number of anilines is 2. The summed E-state index contributed by atoms with van der Waals surface area (Å²) in [4.78, 5) is 29.4. The van der Waals surface area contributed by atoms with Crippen molar-refractivity contribution in [2.24, 2.45) is 0 Å². The second kappa shape index (κ2) is 8.94. The Labute approximate surface area is 181 Å². The zero-order valence-electron chi connectivity index (χ0n) is 15.6. The van der Waals surface area contributed by atoms with Gasteiger partial charge < -0.3 is 15.4 Å². The third kappa shape index (κ3) is 4.59. The van der Waals surface area contributed by atoms with E-state index in [1.807, 2.05) is 17.5 Å². The minimum absolute atomic E-state index is 0.195. The van der Waals surface area contributed by atoms with Crippen LogP contribution in [0.25, 0.3) is 10.9 Å². The first-order valence-electron chi connectivity index (χ1n) is 9.01. The standard InChI is InChI=1S/C22H16ClN3O3S/c23-17-8-9-18(21-16(17)6-2-10-24-21)29-13-20(27)25-14-4-1-5-15(12-14)26-22(28)19-7-3-11-30-19/h1-12H,13H2,(H,25,27)(H,26,28). The third-order valence-corrected chi connectivity index (χ3v) is 5.39. The Morgan fingerprint density at radius 2 is 1.83 bits per heavy atom. The zero-order chi connectivity index (χ0) is 20.9. The summed E-state index contributed by atoms with van der Waals surface area (Å²) in [5.41, 5.74) is 1.72. The number of nitrogens with zero attached hydrogens (tertiary/aromatic N) is 1. The van der Waals surface area contributed by atoms with Gasteiger partial charge in [0.15, 0.2) is 6.61 Å². The van der Waals surface area contributed by atoms with Gasteiger partial charge in [-0.25, -0.2) is 0 Å². The highest BCUT2D eigenvalue weighted by molar-refractivity contribution is 7.12. The number of rotatable bonds is 6. The average Bonchev–Trinajstić information content (AvgIpc) is 3.29. The van der Waals surface area contributed by atoms with Crippen molar-refractivity contribution in [2.75, 3.05) is 17.2 Å². The second-order valence-corrected chi connectivity index (χ2v) is 7.65. The SMILES string of the molecule is O=C(COc1ccc(Cl)c2cccnc12)Nc1cccc(NC(=O)c2cccs2)c1. The Balaban J connectivity index is 1.39. The van der Waals surface area contributed by atoms with E-state index in [0.29, 0.717) is 32.5 Å². The molecule has 0 aliphatic rings. The van der Waals surface area contributed by atoms with Gasteiger partial charge in [0, 0.05) is 23.0 Å². The first kappa shape index (κ1) is 19.9. The van der Waals surface area contributed by atoms with Crippen LogP contribution >= 0.6 is 22.9 Å². The quantitative estimate of drug-likeness (QED) is 0.433. The fourth-order valence-corrected chi connectivity index (χ4v) is 3.68. The molecule has 0 radical (unpaired) electrons. The fraction of sp³-hybridized carbons (Fsp3) is 0.0455. The molecule has 4 aromatic rings. The summed E-state index contributed by atoms with van der Waals surface area (Å²) in [5, 5.41) is 8.73. The van der Waals surface area contributed by atoms with Gasteiger partial charge in [0.2, 0.25) is 0 Å². The number of benzene rings is 2. The van der Waals surface area contributed by atoms with Crippen LogP contribution in [0.5, 0.6) is 5.75 Å². The van der Waals surface area contributed by atoms with E-state index in [0.717, 1.165) is 5.39 Å². The Morgan fingerprint density at radius 1 is 1.00 bits per heavy atom. The molecule has 2 aromatic carbocycles. The fourth-order valence-electron chi connectivity index (χ4n) is 2.84. The lowest BCUT2D eigenvalue weighted by Gasteiger charge is -2.11. The van der Waals surface area contributed by atoms with E-state index >= 15 is 0 Å². The van der Waals surface area contributed by atoms with Gasteiger partial charge in [-0.1, -0.05) is 23.7 Å². The summed E-state index contributed by atoms with van der Waals surface area (Å²) < 4.78 is 5.65. The summed E-state index contributed by atoms with van der Waals surface area (Å²) in [7, 11) is 0. The summed E-state index contributed by atoms with van der Waals surface area (Å²) in [6.07, 6.45) is 1.64. The molecular weight excluding hydrogens is 422 g/mol. The van der Waals surface area contributed by atoms with Gasteiger partial charge in [0.1, 0.15) is 11.3 Å². The maximum Gasteiger partial charge on any atom is 0.265 e. The van der Waals surface area contributed by atoms with Gasteiger partial charge in [-0.05, 0) is 53.9 Å². The number of fused-ring (bicyclic) bond motifs is 1. The highest BCUT2D eigenvalue weighted by Gasteiger charge is 2.11. The molecule has 2 amide bonds. The van der Waals surface area contributed by atoms with Gasteiger partial charge in [-0.3, -0.25) is 14.6 Å². The normalized spacial score (nSPS) is 10.6. The lowest BCUT2D eigenvalue weighted by atomic mass is 10.2. The van der Waals surface area contributed by atoms with Crippen LogP contribution in [-0.4, -0.2) is 23.4 Å². The van der Waals surface area contributed by atoms with Crippen LogP contribution in [0.3, 0.4) is 0 Å². The molecule has 0 atom stereocenters. The number of amides is 2. The molecule has 6 nitrogen and oxygen atoms in total. The first-order valence-corrected chi connectivity index (χ1v) is 10.3. The molecule has 150 valence electrons. The number of pyridine rings is 1. The molecule has 0 saturated heterocycles. The van der Waals surface area contributed by atoms with E-state index in [1.54, 1.807) is 54.7 Å². The summed E-state index contributed by atoms with van der Waals surface area (Å²) in [6, 6.07) is 17.5. The lowest BCUT2D eigenvalue weighted by Crippen LogP contribution is -2.20. The number of thiophene rings is 1. The highest BCUT2D eigenvalue weighted by Crippen LogP contribution is 2.29. The molecule has 4 rings (SSSR count). The number of nitrogens with one attached hydrogen (secondary N) is 2. The summed E-state index contributed by atoms with van der Waals surface area (Å²) in [6.45, 7) is -0.195. The second-order valence-electron chi connectivity index (χ2n) is 6.29. The van der Waals surface area contributed by atoms with Gasteiger partial charge in [0.05, 0.1) is 9.90 Å². The van der Waals surface area contributed by atoms with E-state index in [1.165, 1.54) is 11.3 Å². The monoisotopic (exact) mass is 437 g/mol. The van der Waals surface area contributed by atoms with Crippen LogP contribution in [-0.2, 0) is 4.79 Å². The molecule has 0 aliphatic heterocycles. The minimum Gasteiger partial charge on any atom is -0.481 e. The molecule has 0 aliphatic carbocycles. The zero-order valence-corrected chi connectivity index (χ0v) is 17.2. The van der Waals surface area contributed by atoms with Crippen molar-refractivity contribution in [3.63, 3.8) is 0 Å². The number of carbonyl (C=O) groups is 2. The molecule has 0 spiro atoms. The van der Waals surface area contributed by atoms with Crippen molar-refractivity contribution in [3.8, 4) is 5.75 Å². The Morgan fingerprint density at radius 3 is 2.63 bits per heavy atom. The molecule has 0 fully saturated rings. The molecular formula is C22H16ClN3O3S. The highest BCUT2D eigenvalue weighted by atomic mass is 35.5. The molecule has 2 heterocycles. The maximum absolute atomic E-state index is 12.3. The number of ether oxygens (including phenoxy) is 1. The van der Waals surface area contributed by atoms with Crippen molar-refractivity contribution in [3.05, 3.63) is 82.1 Å². The van der Waals surface area contributed by atoms with E-state index in [-0.39, 0.29) is 18.4 Å². The summed E-state index contributed by atoms with van der Waals surface area (Å²) in [5.74, 6) is -0.0585.